The number of hydrogen-bond acceptors (Lipinski definition) is 6. The molecule has 1 aliphatic heterocycles. The molecule has 3 aliphatic rings. The van der Waals surface area contributed by atoms with Gasteiger partial charge in [0.1, 0.15) is 11.5 Å². The average Bonchev–Trinajstić information content (AvgIpc) is 3.50. The van der Waals surface area contributed by atoms with Crippen LogP contribution in [0.4, 0.5) is 0 Å². The standard InChI is InChI=1S/C23H30N4O2/c1-15-10-18(27-13-21(15)29-14-16-6-7-16)11-25-12-19-20(24-2)8-9-26-22(19)23(28)17-4-3-5-17/h8-10,12-13,16-17,20,24-25H,3-7,11,14H2,1-2H3/b19-12+. The lowest BCUT2D eigenvalue weighted by molar-refractivity contribution is -0.118. The molecule has 2 N–H and O–H groups in total. The van der Waals surface area contributed by atoms with Crippen LogP contribution in [0.2, 0.25) is 0 Å². The SMILES string of the molecule is CNC1C=CN=C(C(=O)C2CCC2)/C1=C/NCc1cc(C)c(OCC2CC2)cn1. The van der Waals surface area contributed by atoms with Crippen LogP contribution in [0.25, 0.3) is 0 Å². The van der Waals surface area contributed by atoms with E-state index in [2.05, 4.69) is 33.6 Å². The summed E-state index contributed by atoms with van der Waals surface area (Å²) in [5.41, 5.74) is 3.51. The van der Waals surface area contributed by atoms with Gasteiger partial charge in [-0.2, -0.15) is 0 Å². The zero-order valence-electron chi connectivity index (χ0n) is 17.3. The Hall–Kier alpha value is -2.47. The minimum absolute atomic E-state index is 0.0214. The number of ketones is 1. The molecule has 0 amide bonds. The maximum absolute atomic E-state index is 12.8. The van der Waals surface area contributed by atoms with Crippen molar-refractivity contribution in [3.05, 3.63) is 47.6 Å². The van der Waals surface area contributed by atoms with Gasteiger partial charge in [-0.05, 0) is 63.3 Å². The molecule has 2 saturated carbocycles. The molecule has 0 aromatic carbocycles. The number of rotatable bonds is 9. The molecular formula is C23H30N4O2. The fraction of sp³-hybridized carbons (Fsp3) is 0.522. The first-order valence-electron chi connectivity index (χ1n) is 10.6. The first kappa shape index (κ1) is 19.8. The molecule has 1 unspecified atom stereocenters. The number of aliphatic imine (C=N–C) groups is 1. The monoisotopic (exact) mass is 394 g/mol. The molecule has 6 heteroatoms. The van der Waals surface area contributed by atoms with Gasteiger partial charge in [0.05, 0.1) is 31.1 Å². The maximum Gasteiger partial charge on any atom is 0.184 e. The van der Waals surface area contributed by atoms with Crippen LogP contribution < -0.4 is 15.4 Å². The Morgan fingerprint density at radius 3 is 2.79 bits per heavy atom. The summed E-state index contributed by atoms with van der Waals surface area (Å²) in [5.74, 6) is 1.89. The van der Waals surface area contributed by atoms with E-state index in [0.717, 1.165) is 54.4 Å². The second-order valence-electron chi connectivity index (χ2n) is 8.25. The van der Waals surface area contributed by atoms with Crippen LogP contribution in [0.15, 0.2) is 41.3 Å². The lowest BCUT2D eigenvalue weighted by atomic mass is 9.78. The quantitative estimate of drug-likeness (QED) is 0.673. The number of aryl methyl sites for hydroxylation is 1. The summed E-state index contributed by atoms with van der Waals surface area (Å²) in [6.45, 7) is 3.43. The summed E-state index contributed by atoms with van der Waals surface area (Å²) in [4.78, 5) is 21.7. The third-order valence-corrected chi connectivity index (χ3v) is 5.94. The fourth-order valence-electron chi connectivity index (χ4n) is 3.62. The highest BCUT2D eigenvalue weighted by Crippen LogP contribution is 2.31. The van der Waals surface area contributed by atoms with Crippen molar-refractivity contribution in [1.82, 2.24) is 15.6 Å². The van der Waals surface area contributed by atoms with Crippen molar-refractivity contribution < 1.29 is 9.53 Å². The number of ether oxygens (including phenoxy) is 1. The van der Waals surface area contributed by atoms with Crippen LogP contribution in [-0.4, -0.2) is 36.2 Å². The second-order valence-corrected chi connectivity index (χ2v) is 8.25. The molecule has 4 rings (SSSR count). The fourth-order valence-corrected chi connectivity index (χ4v) is 3.62. The van der Waals surface area contributed by atoms with Gasteiger partial charge in [0.15, 0.2) is 5.78 Å². The van der Waals surface area contributed by atoms with Gasteiger partial charge in [-0.1, -0.05) is 6.42 Å². The van der Waals surface area contributed by atoms with Gasteiger partial charge in [0, 0.05) is 23.9 Å². The third-order valence-electron chi connectivity index (χ3n) is 5.94. The number of nitrogens with zero attached hydrogens (tertiary/aromatic N) is 2. The van der Waals surface area contributed by atoms with Gasteiger partial charge in [0.25, 0.3) is 0 Å². The second kappa shape index (κ2) is 8.91. The van der Waals surface area contributed by atoms with Crippen molar-refractivity contribution in [3.8, 4) is 5.75 Å². The van der Waals surface area contributed by atoms with E-state index < -0.39 is 0 Å². The van der Waals surface area contributed by atoms with Crippen LogP contribution in [0.1, 0.15) is 43.4 Å². The van der Waals surface area contributed by atoms with E-state index in [9.17, 15) is 4.79 Å². The Balaban J connectivity index is 1.40. The Morgan fingerprint density at radius 1 is 1.31 bits per heavy atom. The predicted octanol–water partition coefficient (Wildman–Crippen LogP) is 3.08. The van der Waals surface area contributed by atoms with Crippen LogP contribution in [0, 0.1) is 18.8 Å². The molecule has 2 aliphatic carbocycles. The van der Waals surface area contributed by atoms with E-state index >= 15 is 0 Å². The van der Waals surface area contributed by atoms with Gasteiger partial charge in [-0.15, -0.1) is 0 Å². The van der Waals surface area contributed by atoms with E-state index in [1.807, 2.05) is 25.5 Å². The Labute approximate surface area is 172 Å². The average molecular weight is 395 g/mol. The predicted molar refractivity (Wildman–Crippen MR) is 114 cm³/mol. The van der Waals surface area contributed by atoms with Crippen molar-refractivity contribution in [2.75, 3.05) is 13.7 Å². The van der Waals surface area contributed by atoms with Crippen molar-refractivity contribution >= 4 is 11.5 Å². The summed E-state index contributed by atoms with van der Waals surface area (Å²) in [5, 5.41) is 6.58. The minimum Gasteiger partial charge on any atom is -0.491 e. The van der Waals surface area contributed by atoms with Gasteiger partial charge < -0.3 is 15.4 Å². The normalized spacial score (nSPS) is 22.9. The van der Waals surface area contributed by atoms with Crippen LogP contribution in [0.5, 0.6) is 5.75 Å². The highest BCUT2D eigenvalue weighted by molar-refractivity contribution is 6.47. The zero-order chi connectivity index (χ0) is 20.2. The highest BCUT2D eigenvalue weighted by Gasteiger charge is 2.32. The molecular weight excluding hydrogens is 364 g/mol. The summed E-state index contributed by atoms with van der Waals surface area (Å²) in [6, 6.07) is 2.03. The summed E-state index contributed by atoms with van der Waals surface area (Å²) in [6.07, 6.45) is 13.1. The molecule has 0 saturated heterocycles. The van der Waals surface area contributed by atoms with Gasteiger partial charge in [-0.3, -0.25) is 14.8 Å². The number of carbonyl (C=O) groups is 1. The largest absolute Gasteiger partial charge is 0.491 e. The summed E-state index contributed by atoms with van der Waals surface area (Å²) in [7, 11) is 1.89. The Bertz CT molecular complexity index is 850. The van der Waals surface area contributed by atoms with Crippen molar-refractivity contribution in [2.45, 2.75) is 51.6 Å². The molecule has 1 atom stereocenters. The molecule has 0 bridgehead atoms. The maximum atomic E-state index is 12.8. The first-order chi connectivity index (χ1) is 14.2. The smallest absolute Gasteiger partial charge is 0.184 e. The molecule has 29 heavy (non-hydrogen) atoms. The van der Waals surface area contributed by atoms with E-state index in [1.165, 1.54) is 12.8 Å². The number of pyridine rings is 1. The van der Waals surface area contributed by atoms with Crippen LogP contribution in [-0.2, 0) is 11.3 Å². The first-order valence-corrected chi connectivity index (χ1v) is 10.6. The van der Waals surface area contributed by atoms with E-state index in [0.29, 0.717) is 12.3 Å². The van der Waals surface area contributed by atoms with Crippen molar-refractivity contribution in [1.29, 1.82) is 0 Å². The lowest BCUT2D eigenvalue weighted by Gasteiger charge is -2.27. The number of Topliss-reactive ketones (excluding diaryl/α,β-unsaturated/α-hetero) is 1. The van der Waals surface area contributed by atoms with Gasteiger partial charge in [0.2, 0.25) is 0 Å². The Kier molecular flexibility index (Phi) is 6.09. The van der Waals surface area contributed by atoms with Crippen LogP contribution >= 0.6 is 0 Å². The van der Waals surface area contributed by atoms with Gasteiger partial charge >= 0.3 is 0 Å². The number of likely N-dealkylation sites (N-methyl/N-ethyl adjacent to an activating group) is 1. The van der Waals surface area contributed by atoms with E-state index in [1.54, 1.807) is 6.20 Å². The molecule has 1 aromatic heterocycles. The summed E-state index contributed by atoms with van der Waals surface area (Å²) < 4.78 is 5.86. The van der Waals surface area contributed by atoms with Crippen molar-refractivity contribution in [2.24, 2.45) is 16.8 Å². The van der Waals surface area contributed by atoms with Gasteiger partial charge in [-0.25, -0.2) is 0 Å². The molecule has 2 fully saturated rings. The molecule has 2 heterocycles. The summed E-state index contributed by atoms with van der Waals surface area (Å²) >= 11 is 0. The molecule has 1 aromatic rings. The Morgan fingerprint density at radius 2 is 2.14 bits per heavy atom. The molecule has 0 spiro atoms. The lowest BCUT2D eigenvalue weighted by Crippen LogP contribution is -2.38. The highest BCUT2D eigenvalue weighted by atomic mass is 16.5. The number of nitrogens with one attached hydrogen (secondary N) is 2. The molecule has 154 valence electrons. The number of carbonyl (C=O) groups excluding carboxylic acids is 1. The molecule has 6 nitrogen and oxygen atoms in total. The topological polar surface area (TPSA) is 75.6 Å². The minimum atomic E-state index is -0.0214. The number of hydrogen-bond donors (Lipinski definition) is 2. The van der Waals surface area contributed by atoms with Crippen LogP contribution in [0.3, 0.4) is 0 Å². The molecule has 0 radical (unpaired) electrons. The third kappa shape index (κ3) is 4.75. The van der Waals surface area contributed by atoms with Crippen molar-refractivity contribution in [3.63, 3.8) is 0 Å². The van der Waals surface area contributed by atoms with E-state index in [-0.39, 0.29) is 17.7 Å². The zero-order valence-corrected chi connectivity index (χ0v) is 17.3. The van der Waals surface area contributed by atoms with E-state index in [4.69, 9.17) is 4.74 Å². The number of aromatic nitrogens is 1.